The van der Waals surface area contributed by atoms with Gasteiger partial charge in [-0.05, 0) is 38.8 Å². The highest BCUT2D eigenvalue weighted by Crippen LogP contribution is 2.27. The number of aromatic nitrogens is 1. The first-order chi connectivity index (χ1) is 12.6. The minimum absolute atomic E-state index is 0.131. The van der Waals surface area contributed by atoms with Gasteiger partial charge in [-0.15, -0.1) is 6.58 Å². The van der Waals surface area contributed by atoms with Gasteiger partial charge in [0, 0.05) is 18.8 Å². The number of piperidine rings is 1. The van der Waals surface area contributed by atoms with E-state index in [2.05, 4.69) is 22.5 Å². The maximum atomic E-state index is 11.1. The normalized spacial score (nSPS) is 16.5. The number of rotatable bonds is 9. The molecular weight excluding hydrogens is 334 g/mol. The van der Waals surface area contributed by atoms with E-state index in [9.17, 15) is 10.1 Å². The predicted octanol–water partition coefficient (Wildman–Crippen LogP) is 2.47. The third kappa shape index (κ3) is 5.20. The predicted molar refractivity (Wildman–Crippen MR) is 96.2 cm³/mol. The summed E-state index contributed by atoms with van der Waals surface area (Å²) in [7, 11) is 1.47. The lowest BCUT2D eigenvalue weighted by molar-refractivity contribution is -0.143. The van der Waals surface area contributed by atoms with Crippen molar-refractivity contribution in [2.24, 2.45) is 5.92 Å². The van der Waals surface area contributed by atoms with E-state index >= 15 is 0 Å². The fraction of sp³-hybridized carbons (Fsp3) is 0.526. The van der Waals surface area contributed by atoms with Gasteiger partial charge in [-0.2, -0.15) is 5.26 Å². The van der Waals surface area contributed by atoms with Crippen LogP contribution in [0.3, 0.4) is 0 Å². The van der Waals surface area contributed by atoms with E-state index in [0.29, 0.717) is 25.1 Å². The third-order valence-corrected chi connectivity index (χ3v) is 4.57. The second kappa shape index (κ2) is 9.78. The molecule has 1 N–H and O–H groups in total. The van der Waals surface area contributed by atoms with Gasteiger partial charge in [0.25, 0.3) is 0 Å². The van der Waals surface area contributed by atoms with Gasteiger partial charge in [-0.25, -0.2) is 4.98 Å². The maximum Gasteiger partial charge on any atom is 0.306 e. The molecule has 0 aromatic carbocycles. The summed E-state index contributed by atoms with van der Waals surface area (Å²) in [4.78, 5) is 17.3. The largest absolute Gasteiger partial charge is 0.487 e. The van der Waals surface area contributed by atoms with Crippen molar-refractivity contribution in [1.82, 2.24) is 9.88 Å². The average Bonchev–Trinajstić information content (AvgIpc) is 2.66. The van der Waals surface area contributed by atoms with Crippen LogP contribution in [0.4, 0.5) is 0 Å². The number of hydrogen-bond donors (Lipinski definition) is 1. The zero-order valence-electron chi connectivity index (χ0n) is 15.1. The molecule has 1 atom stereocenters. The number of aliphatic carboxylic acids is 1. The molecule has 1 aliphatic heterocycles. The van der Waals surface area contributed by atoms with Crippen LogP contribution >= 0.6 is 0 Å². The lowest BCUT2D eigenvalue weighted by Gasteiger charge is -2.33. The molecule has 2 rings (SSSR count). The number of nitrogens with zero attached hydrogens (tertiary/aromatic N) is 3. The van der Waals surface area contributed by atoms with Crippen LogP contribution < -0.4 is 9.47 Å². The van der Waals surface area contributed by atoms with E-state index in [1.807, 2.05) is 6.08 Å². The van der Waals surface area contributed by atoms with E-state index < -0.39 is 5.97 Å². The van der Waals surface area contributed by atoms with Crippen molar-refractivity contribution >= 4 is 5.97 Å². The molecule has 0 radical (unpaired) electrons. The molecule has 0 saturated carbocycles. The van der Waals surface area contributed by atoms with Crippen LogP contribution in [-0.2, 0) is 4.79 Å². The van der Waals surface area contributed by atoms with Crippen LogP contribution in [0.15, 0.2) is 24.9 Å². The van der Waals surface area contributed by atoms with Crippen LogP contribution in [0.2, 0.25) is 0 Å². The van der Waals surface area contributed by atoms with Gasteiger partial charge in [-0.1, -0.05) is 6.08 Å². The van der Waals surface area contributed by atoms with Crippen molar-refractivity contribution in [3.05, 3.63) is 30.5 Å². The molecule has 0 spiro atoms. The summed E-state index contributed by atoms with van der Waals surface area (Å²) in [5, 5.41) is 18.5. The number of carboxylic acids is 1. The Morgan fingerprint density at radius 3 is 2.88 bits per heavy atom. The molecule has 1 aliphatic rings. The first kappa shape index (κ1) is 19.7. The second-order valence-corrected chi connectivity index (χ2v) is 6.32. The topological polar surface area (TPSA) is 95.7 Å². The quantitative estimate of drug-likeness (QED) is 0.677. The van der Waals surface area contributed by atoms with Crippen LogP contribution in [0.5, 0.6) is 11.6 Å². The summed E-state index contributed by atoms with van der Waals surface area (Å²) >= 11 is 0. The standard InChI is InChI=1S/C19H25N3O4/c1-3-4-5-15(13-22-10-7-14(8-11-22)19(23)24)26-17-6-9-21-18(25-2)16(17)12-20/h3,6,9,14-15H,1,4-5,7-8,10-11,13H2,2H3,(H,23,24). The molecule has 1 saturated heterocycles. The lowest BCUT2D eigenvalue weighted by Crippen LogP contribution is -2.42. The first-order valence-corrected chi connectivity index (χ1v) is 8.74. The Bertz CT molecular complexity index is 663. The minimum Gasteiger partial charge on any atom is -0.487 e. The number of allylic oxidation sites excluding steroid dienone is 1. The zero-order chi connectivity index (χ0) is 18.9. The van der Waals surface area contributed by atoms with Crippen LogP contribution in [-0.4, -0.2) is 53.8 Å². The summed E-state index contributed by atoms with van der Waals surface area (Å²) in [6.45, 7) is 5.90. The molecule has 1 unspecified atom stereocenters. The minimum atomic E-state index is -0.716. The highest BCUT2D eigenvalue weighted by Gasteiger charge is 2.26. The monoisotopic (exact) mass is 359 g/mol. The van der Waals surface area contributed by atoms with Gasteiger partial charge in [0.2, 0.25) is 5.88 Å². The molecule has 0 bridgehead atoms. The zero-order valence-corrected chi connectivity index (χ0v) is 15.1. The molecule has 140 valence electrons. The highest BCUT2D eigenvalue weighted by atomic mass is 16.5. The van der Waals surface area contributed by atoms with E-state index in [4.69, 9.17) is 14.6 Å². The molecule has 0 aliphatic carbocycles. The Kier molecular flexibility index (Phi) is 7.42. The fourth-order valence-electron chi connectivity index (χ4n) is 3.10. The summed E-state index contributed by atoms with van der Waals surface area (Å²) in [5.41, 5.74) is 0.281. The first-order valence-electron chi connectivity index (χ1n) is 8.74. The highest BCUT2D eigenvalue weighted by molar-refractivity contribution is 5.70. The Labute approximate surface area is 153 Å². The molecule has 26 heavy (non-hydrogen) atoms. The summed E-state index contributed by atoms with van der Waals surface area (Å²) in [6, 6.07) is 3.75. The van der Waals surface area contributed by atoms with Crippen LogP contribution in [0.25, 0.3) is 0 Å². The van der Waals surface area contributed by atoms with Gasteiger partial charge in [0.15, 0.2) is 5.56 Å². The van der Waals surface area contributed by atoms with Crippen molar-refractivity contribution < 1.29 is 19.4 Å². The number of pyridine rings is 1. The molecule has 1 aromatic rings. The number of hydrogen-bond acceptors (Lipinski definition) is 6. The van der Waals surface area contributed by atoms with E-state index in [1.54, 1.807) is 12.3 Å². The second-order valence-electron chi connectivity index (χ2n) is 6.32. The van der Waals surface area contributed by atoms with Crippen molar-refractivity contribution in [3.63, 3.8) is 0 Å². The van der Waals surface area contributed by atoms with E-state index in [-0.39, 0.29) is 23.5 Å². The number of nitriles is 1. The Balaban J connectivity index is 2.05. The summed E-state index contributed by atoms with van der Waals surface area (Å²) in [6.07, 6.45) is 6.11. The number of likely N-dealkylation sites (tertiary alicyclic amines) is 1. The van der Waals surface area contributed by atoms with Crippen LogP contribution in [0.1, 0.15) is 31.2 Å². The fourth-order valence-corrected chi connectivity index (χ4v) is 3.10. The molecular formula is C19H25N3O4. The Morgan fingerprint density at radius 1 is 1.58 bits per heavy atom. The Hall–Kier alpha value is -2.59. The van der Waals surface area contributed by atoms with Crippen LogP contribution in [0, 0.1) is 17.2 Å². The van der Waals surface area contributed by atoms with Gasteiger partial charge >= 0.3 is 5.97 Å². The smallest absolute Gasteiger partial charge is 0.306 e. The Morgan fingerprint density at radius 2 is 2.31 bits per heavy atom. The molecule has 0 amide bonds. The number of carboxylic acid groups (broad SMARTS) is 1. The average molecular weight is 359 g/mol. The molecule has 7 heteroatoms. The number of methoxy groups -OCH3 is 1. The van der Waals surface area contributed by atoms with Gasteiger partial charge in [0.05, 0.1) is 13.0 Å². The maximum absolute atomic E-state index is 11.1. The van der Waals surface area contributed by atoms with Crippen molar-refractivity contribution in [2.75, 3.05) is 26.7 Å². The third-order valence-electron chi connectivity index (χ3n) is 4.57. The SMILES string of the molecule is C=CCCC(CN1CCC(C(=O)O)CC1)Oc1ccnc(OC)c1C#N. The number of ether oxygens (including phenoxy) is 2. The van der Waals surface area contributed by atoms with Crippen molar-refractivity contribution in [2.45, 2.75) is 31.8 Å². The number of carbonyl (C=O) groups is 1. The summed E-state index contributed by atoms with van der Waals surface area (Å²) in [5.74, 6) is -0.274. The van der Waals surface area contributed by atoms with Gasteiger partial charge < -0.3 is 14.6 Å². The van der Waals surface area contributed by atoms with E-state index in [1.165, 1.54) is 7.11 Å². The van der Waals surface area contributed by atoms with Gasteiger partial charge in [-0.3, -0.25) is 9.69 Å². The molecule has 1 aromatic heterocycles. The van der Waals surface area contributed by atoms with Crippen molar-refractivity contribution in [3.8, 4) is 17.7 Å². The van der Waals surface area contributed by atoms with E-state index in [0.717, 1.165) is 25.9 Å². The molecule has 2 heterocycles. The molecule has 7 nitrogen and oxygen atoms in total. The summed E-state index contributed by atoms with van der Waals surface area (Å²) < 4.78 is 11.2. The molecule has 1 fully saturated rings. The van der Waals surface area contributed by atoms with Crippen molar-refractivity contribution in [1.29, 1.82) is 5.26 Å². The van der Waals surface area contributed by atoms with Gasteiger partial charge in [0.1, 0.15) is 17.9 Å². The lowest BCUT2D eigenvalue weighted by atomic mass is 9.97.